The number of fused-ring (bicyclic) bond motifs is 2. The summed E-state index contributed by atoms with van der Waals surface area (Å²) in [7, 11) is 0.165. The molecule has 2 N–H and O–H groups in total. The van der Waals surface area contributed by atoms with Gasteiger partial charge in [-0.1, -0.05) is 61.2 Å². The van der Waals surface area contributed by atoms with Crippen molar-refractivity contribution in [1.29, 1.82) is 0 Å². The Morgan fingerprint density at radius 3 is 1.95 bits per heavy atom. The first-order valence-corrected chi connectivity index (χ1v) is 22.9. The number of ether oxygens (including phenoxy) is 2. The maximum Gasteiger partial charge on any atom is 0.348 e. The van der Waals surface area contributed by atoms with E-state index in [1.54, 1.807) is 36.9 Å². The Morgan fingerprint density at radius 1 is 0.818 bits per heavy atom. The highest BCUT2D eigenvalue weighted by atomic mass is 32.1. The van der Waals surface area contributed by atoms with Crippen molar-refractivity contribution in [2.45, 2.75) is 74.0 Å². The Bertz CT molecular complexity index is 2390. The second kappa shape index (κ2) is 16.1. The van der Waals surface area contributed by atoms with E-state index in [-0.39, 0.29) is 22.4 Å². The van der Waals surface area contributed by atoms with Gasteiger partial charge in [0.25, 0.3) is 0 Å². The second-order valence-electron chi connectivity index (χ2n) is 16.2. The van der Waals surface area contributed by atoms with Crippen molar-refractivity contribution in [3.63, 3.8) is 0 Å². The molecule has 0 saturated carbocycles. The molecule has 0 aliphatic rings. The molecule has 0 aliphatic heterocycles. The number of nitrogens with zero attached hydrogens (tertiary/aromatic N) is 5. The minimum atomic E-state index is -1.19. The van der Waals surface area contributed by atoms with Crippen LogP contribution in [0.25, 0.3) is 43.5 Å². The molecule has 0 unspecified atom stereocenters. The van der Waals surface area contributed by atoms with Gasteiger partial charge in [-0.15, -0.1) is 22.7 Å². The average Bonchev–Trinajstić information content (AvgIpc) is 3.93. The average molecular weight is 803 g/mol. The number of methoxy groups -OCH3 is 1. The van der Waals surface area contributed by atoms with Gasteiger partial charge in [0.05, 0.1) is 51.8 Å². The zero-order chi connectivity index (χ0) is 40.5. The zero-order valence-electron chi connectivity index (χ0n) is 32.7. The van der Waals surface area contributed by atoms with Crippen LogP contribution < -0.4 is 0 Å². The summed E-state index contributed by atoms with van der Waals surface area (Å²) in [4.78, 5) is 71.8. The van der Waals surface area contributed by atoms with Crippen LogP contribution in [0.15, 0.2) is 49.1 Å². The van der Waals surface area contributed by atoms with E-state index in [2.05, 4.69) is 39.6 Å². The van der Waals surface area contributed by atoms with Crippen molar-refractivity contribution in [2.24, 2.45) is 10.8 Å². The fraction of sp³-hybridized carbons (Fsp3) is 0.385. The quantitative estimate of drug-likeness (QED) is 0.0552. The van der Waals surface area contributed by atoms with Crippen molar-refractivity contribution in [3.05, 3.63) is 69.9 Å². The Balaban J connectivity index is 0.000000222. The molecule has 0 aliphatic carbocycles. The smallest absolute Gasteiger partial charge is 0.348 e. The van der Waals surface area contributed by atoms with Gasteiger partial charge < -0.3 is 24.1 Å². The van der Waals surface area contributed by atoms with E-state index in [0.29, 0.717) is 67.9 Å². The van der Waals surface area contributed by atoms with Crippen molar-refractivity contribution in [1.82, 2.24) is 29.5 Å². The molecule has 55 heavy (non-hydrogen) atoms. The lowest BCUT2D eigenvalue weighted by Crippen LogP contribution is -2.22. The molecule has 0 bridgehead atoms. The van der Waals surface area contributed by atoms with E-state index in [1.807, 2.05) is 52.2 Å². The number of carbonyl (C=O) groups is 4. The highest BCUT2D eigenvalue weighted by Crippen LogP contribution is 2.32. The Morgan fingerprint density at radius 2 is 1.38 bits per heavy atom. The largest absolute Gasteiger partial charge is 0.477 e. The van der Waals surface area contributed by atoms with Crippen molar-refractivity contribution < 1.29 is 33.8 Å². The molecule has 0 atom stereocenters. The molecule has 6 heterocycles. The molecule has 0 amide bonds. The summed E-state index contributed by atoms with van der Waals surface area (Å²) in [5.41, 5.74) is 3.31. The number of carbonyl (C=O) groups excluding carboxylic acids is 3. The number of nitrogens with one attached hydrogen (secondary N) is 1. The van der Waals surface area contributed by atoms with Crippen LogP contribution in [0, 0.1) is 10.8 Å². The van der Waals surface area contributed by atoms with Crippen LogP contribution >= 0.6 is 22.7 Å². The number of hydrogen-bond acceptors (Lipinski definition) is 12. The summed E-state index contributed by atoms with van der Waals surface area (Å²) in [6.45, 7) is 19.1. The molecule has 6 aromatic rings. The summed E-state index contributed by atoms with van der Waals surface area (Å²) in [6, 6.07) is 7.82. The first-order chi connectivity index (χ1) is 25.7. The van der Waals surface area contributed by atoms with Gasteiger partial charge in [-0.25, -0.2) is 29.5 Å². The van der Waals surface area contributed by atoms with Crippen LogP contribution in [0.3, 0.4) is 0 Å². The molecule has 16 heteroatoms. The van der Waals surface area contributed by atoms with Crippen LogP contribution in [0.1, 0.15) is 81.6 Å². The third kappa shape index (κ3) is 9.67. The van der Waals surface area contributed by atoms with Crippen molar-refractivity contribution in [2.75, 3.05) is 13.7 Å². The van der Waals surface area contributed by atoms with Crippen LogP contribution in [-0.2, 0) is 16.2 Å². The number of carboxylic acids is 1. The maximum atomic E-state index is 13.2. The summed E-state index contributed by atoms with van der Waals surface area (Å²) in [5, 5.41) is 9.01. The molecular weight excluding hydrogens is 757 g/mol. The minimum absolute atomic E-state index is 0.00349. The molecule has 0 saturated heterocycles. The summed E-state index contributed by atoms with van der Waals surface area (Å²) >= 11 is 2.41. The van der Waals surface area contributed by atoms with Gasteiger partial charge in [-0.3, -0.25) is 9.59 Å². The van der Waals surface area contributed by atoms with E-state index >= 15 is 0 Å². The van der Waals surface area contributed by atoms with Gasteiger partial charge in [0, 0.05) is 37.9 Å². The van der Waals surface area contributed by atoms with Crippen molar-refractivity contribution in [3.8, 4) is 21.1 Å². The van der Waals surface area contributed by atoms with Crippen LogP contribution in [0.2, 0.25) is 25.7 Å². The van der Waals surface area contributed by atoms with Crippen LogP contribution in [0.4, 0.5) is 0 Å². The molecular formula is C39H46N6O7S2Si. The number of thiophene rings is 2. The molecule has 6 aromatic heterocycles. The third-order valence-corrected chi connectivity index (χ3v) is 12.2. The fourth-order valence-corrected chi connectivity index (χ4v) is 7.68. The van der Waals surface area contributed by atoms with E-state index < -0.39 is 24.9 Å². The molecule has 290 valence electrons. The standard InChI is InChI=1S/C23H31N3O4SSi.C16H15N3O3S/c1-23(2,3)20(27)15-13-26(14-30-10-11-32(5,6)7)21-19(15)25-16(12-24-21)17-8-9-18(31-17)22(28)29-4;1-16(2,3)13(20)8-6-17-14-12(8)19-9(7-18-14)10-4-5-11(23-10)15(21)22/h8-9,12-13H,10-11,14H2,1-7H3;4-7H,1-3H3,(H,17,18)(H,21,22). The Hall–Kier alpha value is -4.90. The molecule has 13 nitrogen and oxygen atoms in total. The van der Waals surface area contributed by atoms with Gasteiger partial charge in [-0.2, -0.15) is 0 Å². The zero-order valence-corrected chi connectivity index (χ0v) is 35.3. The van der Waals surface area contributed by atoms with E-state index in [1.165, 1.54) is 24.5 Å². The molecule has 0 radical (unpaired) electrons. The number of carboxylic acid groups (broad SMARTS) is 1. The third-order valence-electron chi connectivity index (χ3n) is 8.34. The summed E-state index contributed by atoms with van der Waals surface area (Å²) < 4.78 is 12.6. The topological polar surface area (TPSA) is 179 Å². The number of aromatic nitrogens is 6. The van der Waals surface area contributed by atoms with Crippen LogP contribution in [0.5, 0.6) is 0 Å². The normalized spacial score (nSPS) is 12.1. The highest BCUT2D eigenvalue weighted by molar-refractivity contribution is 7.17. The summed E-state index contributed by atoms with van der Waals surface area (Å²) in [5.74, 6) is -1.38. The number of hydrogen-bond donors (Lipinski definition) is 2. The number of ketones is 2. The van der Waals surface area contributed by atoms with Gasteiger partial charge in [0.2, 0.25) is 0 Å². The number of Topliss-reactive ketones (excluding diaryl/α,β-unsaturated/α-hetero) is 2. The minimum Gasteiger partial charge on any atom is -0.477 e. The van der Waals surface area contributed by atoms with Gasteiger partial charge in [-0.05, 0) is 30.3 Å². The number of H-pyrrole nitrogens is 1. The van der Waals surface area contributed by atoms with Gasteiger partial charge >= 0.3 is 11.9 Å². The number of aromatic carboxylic acids is 1. The predicted molar refractivity (Wildman–Crippen MR) is 218 cm³/mol. The van der Waals surface area contributed by atoms with Crippen molar-refractivity contribution >= 4 is 76.6 Å². The predicted octanol–water partition coefficient (Wildman–Crippen LogP) is 9.10. The maximum absolute atomic E-state index is 13.2. The molecule has 0 spiro atoms. The highest BCUT2D eigenvalue weighted by Gasteiger charge is 2.29. The first kappa shape index (κ1) is 41.3. The van der Waals surface area contributed by atoms with E-state index in [9.17, 15) is 19.2 Å². The monoisotopic (exact) mass is 802 g/mol. The van der Waals surface area contributed by atoms with Gasteiger partial charge in [0.15, 0.2) is 22.9 Å². The number of esters is 1. The summed E-state index contributed by atoms with van der Waals surface area (Å²) in [6.07, 6.45) is 6.66. The number of rotatable bonds is 11. The van der Waals surface area contributed by atoms with E-state index in [0.717, 1.165) is 22.3 Å². The lowest BCUT2D eigenvalue weighted by atomic mass is 9.87. The second-order valence-corrected chi connectivity index (χ2v) is 24.0. The molecule has 6 rings (SSSR count). The number of aromatic amines is 1. The molecule has 0 aromatic carbocycles. The Kier molecular flexibility index (Phi) is 12.0. The lowest BCUT2D eigenvalue weighted by molar-refractivity contribution is 0.0605. The SMILES string of the molecule is CC(C)(C)C(=O)c1c[nH]c2ncc(-c3ccc(C(=O)O)s3)nc12.COC(=O)c1ccc(-c2cnc3c(n2)c(C(=O)C(C)(C)C)cn3COCC[Si](C)(C)C)s1. The van der Waals surface area contributed by atoms with Gasteiger partial charge in [0.1, 0.15) is 27.5 Å². The van der Waals surface area contributed by atoms with Crippen LogP contribution in [-0.4, -0.2) is 79.9 Å². The van der Waals surface area contributed by atoms with E-state index in [4.69, 9.17) is 19.6 Å². The molecule has 0 fully saturated rings. The first-order valence-electron chi connectivity index (χ1n) is 17.6. The fourth-order valence-electron chi connectivity index (χ4n) is 5.24. The Labute approximate surface area is 328 Å². The lowest BCUT2D eigenvalue weighted by Gasteiger charge is -2.16.